The van der Waals surface area contributed by atoms with E-state index in [1.54, 1.807) is 49.6 Å². The van der Waals surface area contributed by atoms with Crippen LogP contribution in [-0.2, 0) is 9.59 Å². The zero-order valence-corrected chi connectivity index (χ0v) is 17.6. The fourth-order valence-corrected chi connectivity index (χ4v) is 3.76. The Hall–Kier alpha value is -4.33. The summed E-state index contributed by atoms with van der Waals surface area (Å²) in [5.41, 5.74) is 1.67. The highest BCUT2D eigenvalue weighted by molar-refractivity contribution is 6.46. The molecule has 2 aliphatic heterocycles. The molecule has 8 heteroatoms. The Morgan fingerprint density at radius 2 is 1.58 bits per heavy atom. The van der Waals surface area contributed by atoms with E-state index in [-0.39, 0.29) is 17.0 Å². The van der Waals surface area contributed by atoms with Crippen molar-refractivity contribution in [2.24, 2.45) is 0 Å². The van der Waals surface area contributed by atoms with Crippen LogP contribution in [0.15, 0.2) is 72.4 Å². The molecule has 3 aromatic carbocycles. The van der Waals surface area contributed by atoms with Gasteiger partial charge in [-0.15, -0.1) is 0 Å². The maximum Gasteiger partial charge on any atom is 0.282 e. The molecule has 0 bridgehead atoms. The summed E-state index contributed by atoms with van der Waals surface area (Å²) >= 11 is 0. The Bertz CT molecular complexity index is 1270. The molecule has 33 heavy (non-hydrogen) atoms. The highest BCUT2D eigenvalue weighted by Gasteiger charge is 2.40. The molecule has 2 aliphatic rings. The van der Waals surface area contributed by atoms with Gasteiger partial charge >= 0.3 is 0 Å². The zero-order valence-electron chi connectivity index (χ0n) is 17.6. The second-order valence-electron chi connectivity index (χ2n) is 7.38. The number of nitrogens with one attached hydrogen (secondary N) is 1. The molecule has 3 aromatic rings. The van der Waals surface area contributed by atoms with Gasteiger partial charge in [-0.05, 0) is 54.1 Å². The molecule has 0 radical (unpaired) electrons. The summed E-state index contributed by atoms with van der Waals surface area (Å²) in [6, 6.07) is 17.2. The molecule has 2 amide bonds. The van der Waals surface area contributed by atoms with Gasteiger partial charge in [0.1, 0.15) is 30.5 Å². The number of rotatable bonds is 5. The molecule has 0 unspecified atom stereocenters. The summed E-state index contributed by atoms with van der Waals surface area (Å²) in [7, 11) is 1.55. The molecule has 5 rings (SSSR count). The van der Waals surface area contributed by atoms with Crippen LogP contribution in [0.25, 0.3) is 5.57 Å². The smallest absolute Gasteiger partial charge is 0.282 e. The number of ether oxygens (including phenoxy) is 3. The van der Waals surface area contributed by atoms with Crippen molar-refractivity contribution >= 4 is 28.8 Å². The van der Waals surface area contributed by atoms with Crippen LogP contribution >= 0.6 is 0 Å². The molecule has 0 fully saturated rings. The van der Waals surface area contributed by atoms with E-state index in [0.717, 1.165) is 4.90 Å². The summed E-state index contributed by atoms with van der Waals surface area (Å²) < 4.78 is 29.8. The average molecular weight is 446 g/mol. The molecule has 0 spiro atoms. The van der Waals surface area contributed by atoms with E-state index in [1.165, 1.54) is 24.3 Å². The quantitative estimate of drug-likeness (QED) is 0.597. The molecule has 0 aromatic heterocycles. The largest absolute Gasteiger partial charge is 0.497 e. The summed E-state index contributed by atoms with van der Waals surface area (Å²) in [6.07, 6.45) is 0. The number of benzene rings is 3. The Balaban J connectivity index is 1.57. The highest BCUT2D eigenvalue weighted by atomic mass is 19.1. The number of carbonyl (C=O) groups is 2. The molecule has 166 valence electrons. The monoisotopic (exact) mass is 446 g/mol. The molecule has 0 saturated heterocycles. The van der Waals surface area contributed by atoms with Gasteiger partial charge in [-0.3, -0.25) is 9.59 Å². The minimum atomic E-state index is -0.549. The van der Waals surface area contributed by atoms with E-state index in [4.69, 9.17) is 14.2 Å². The Morgan fingerprint density at radius 3 is 2.27 bits per heavy atom. The first kappa shape index (κ1) is 20.6. The van der Waals surface area contributed by atoms with E-state index in [1.807, 2.05) is 0 Å². The van der Waals surface area contributed by atoms with Crippen molar-refractivity contribution in [2.45, 2.75) is 0 Å². The van der Waals surface area contributed by atoms with Crippen molar-refractivity contribution in [1.82, 2.24) is 0 Å². The molecular weight excluding hydrogens is 427 g/mol. The third kappa shape index (κ3) is 3.76. The lowest BCUT2D eigenvalue weighted by Crippen LogP contribution is -2.32. The molecule has 7 nitrogen and oxygen atoms in total. The predicted octanol–water partition coefficient (Wildman–Crippen LogP) is 4.00. The van der Waals surface area contributed by atoms with Crippen LogP contribution in [0.2, 0.25) is 0 Å². The van der Waals surface area contributed by atoms with Crippen LogP contribution in [0, 0.1) is 5.82 Å². The second kappa shape index (κ2) is 8.31. The van der Waals surface area contributed by atoms with E-state index >= 15 is 0 Å². The second-order valence-corrected chi connectivity index (χ2v) is 7.38. The number of carbonyl (C=O) groups excluding carboxylic acids is 2. The number of nitrogens with zero attached hydrogens (tertiary/aromatic N) is 1. The fourth-order valence-electron chi connectivity index (χ4n) is 3.76. The number of anilines is 2. The first-order valence-corrected chi connectivity index (χ1v) is 10.2. The summed E-state index contributed by atoms with van der Waals surface area (Å²) in [5, 5.41) is 3.09. The SMILES string of the molecule is COc1ccc(C2=C(Nc3ccc4c(c3)OCCO4)C(=O)N(c3ccc(F)cc3)C2=O)cc1. The number of imide groups is 1. The maximum absolute atomic E-state index is 13.4. The Labute approximate surface area is 189 Å². The van der Waals surface area contributed by atoms with E-state index in [0.29, 0.717) is 41.7 Å². The van der Waals surface area contributed by atoms with Crippen molar-refractivity contribution in [2.75, 3.05) is 30.5 Å². The van der Waals surface area contributed by atoms with Gasteiger partial charge in [0.05, 0.1) is 18.4 Å². The summed E-state index contributed by atoms with van der Waals surface area (Å²) in [6.45, 7) is 0.887. The molecule has 2 heterocycles. The first-order chi connectivity index (χ1) is 16.0. The summed E-state index contributed by atoms with van der Waals surface area (Å²) in [5.74, 6) is 0.246. The van der Waals surface area contributed by atoms with Gasteiger partial charge in [0.15, 0.2) is 11.5 Å². The standard InChI is InChI=1S/C25H19FN2O5/c1-31-19-9-2-15(3-10-19)22-23(27-17-6-11-20-21(14-17)33-13-12-32-20)25(30)28(24(22)29)18-7-4-16(26)5-8-18/h2-11,14,27H,12-13H2,1H3. The molecule has 0 saturated carbocycles. The predicted molar refractivity (Wildman–Crippen MR) is 120 cm³/mol. The third-order valence-corrected chi connectivity index (χ3v) is 5.36. The minimum absolute atomic E-state index is 0.103. The van der Waals surface area contributed by atoms with Crippen LogP contribution in [0.3, 0.4) is 0 Å². The van der Waals surface area contributed by atoms with Gasteiger partial charge < -0.3 is 19.5 Å². The zero-order chi connectivity index (χ0) is 22.9. The number of methoxy groups -OCH3 is 1. The lowest BCUT2D eigenvalue weighted by atomic mass is 10.0. The van der Waals surface area contributed by atoms with Gasteiger partial charge in [-0.1, -0.05) is 12.1 Å². The molecule has 0 aliphatic carbocycles. The van der Waals surface area contributed by atoms with Crippen molar-refractivity contribution in [3.63, 3.8) is 0 Å². The van der Waals surface area contributed by atoms with E-state index in [2.05, 4.69) is 5.32 Å². The van der Waals surface area contributed by atoms with Gasteiger partial charge in [-0.25, -0.2) is 9.29 Å². The molecular formula is C25H19FN2O5. The van der Waals surface area contributed by atoms with E-state index in [9.17, 15) is 14.0 Å². The topological polar surface area (TPSA) is 77.1 Å². The van der Waals surface area contributed by atoms with Crippen molar-refractivity contribution in [3.8, 4) is 17.2 Å². The number of hydrogen-bond acceptors (Lipinski definition) is 6. The van der Waals surface area contributed by atoms with Crippen LogP contribution in [-0.4, -0.2) is 32.1 Å². The normalized spacial score (nSPS) is 15.2. The number of amides is 2. The third-order valence-electron chi connectivity index (χ3n) is 5.36. The van der Waals surface area contributed by atoms with Crippen LogP contribution in [0.1, 0.15) is 5.56 Å². The van der Waals surface area contributed by atoms with Gasteiger partial charge in [-0.2, -0.15) is 0 Å². The van der Waals surface area contributed by atoms with Crippen molar-refractivity contribution in [3.05, 3.63) is 83.8 Å². The van der Waals surface area contributed by atoms with Crippen molar-refractivity contribution < 1.29 is 28.2 Å². The van der Waals surface area contributed by atoms with Crippen LogP contribution in [0.5, 0.6) is 17.2 Å². The van der Waals surface area contributed by atoms with E-state index < -0.39 is 17.6 Å². The minimum Gasteiger partial charge on any atom is -0.497 e. The number of halogens is 1. The van der Waals surface area contributed by atoms with Crippen molar-refractivity contribution in [1.29, 1.82) is 0 Å². The lowest BCUT2D eigenvalue weighted by molar-refractivity contribution is -0.120. The van der Waals surface area contributed by atoms with Gasteiger partial charge in [0, 0.05) is 11.8 Å². The number of fused-ring (bicyclic) bond motifs is 1. The van der Waals surface area contributed by atoms with Crippen LogP contribution in [0.4, 0.5) is 15.8 Å². The highest BCUT2D eigenvalue weighted by Crippen LogP contribution is 2.37. The maximum atomic E-state index is 13.4. The van der Waals surface area contributed by atoms with Gasteiger partial charge in [0.2, 0.25) is 0 Å². The lowest BCUT2D eigenvalue weighted by Gasteiger charge is -2.19. The van der Waals surface area contributed by atoms with Crippen LogP contribution < -0.4 is 24.4 Å². The Morgan fingerprint density at radius 1 is 0.879 bits per heavy atom. The average Bonchev–Trinajstić information content (AvgIpc) is 3.09. The number of hydrogen-bond donors (Lipinski definition) is 1. The molecule has 0 atom stereocenters. The first-order valence-electron chi connectivity index (χ1n) is 10.2. The fraction of sp³-hybridized carbons (Fsp3) is 0.120. The summed E-state index contributed by atoms with van der Waals surface area (Å²) in [4.78, 5) is 27.9. The Kier molecular flexibility index (Phi) is 5.18. The molecule has 1 N–H and O–H groups in total. The van der Waals surface area contributed by atoms with Gasteiger partial charge in [0.25, 0.3) is 11.8 Å².